The molecule has 0 saturated carbocycles. The van der Waals surface area contributed by atoms with Gasteiger partial charge in [-0.05, 0) is 30.7 Å². The van der Waals surface area contributed by atoms with Crippen molar-refractivity contribution in [2.45, 2.75) is 70.6 Å². The zero-order valence-electron chi connectivity index (χ0n) is 24.5. The third-order valence-electron chi connectivity index (χ3n) is 6.74. The summed E-state index contributed by atoms with van der Waals surface area (Å²) in [6.45, 7) is 0.724. The van der Waals surface area contributed by atoms with Crippen LogP contribution in [-0.4, -0.2) is 46.2 Å². The summed E-state index contributed by atoms with van der Waals surface area (Å²) >= 11 is 0. The molecule has 2 heterocycles. The molecule has 4 rings (SSSR count). The molecule has 1 aromatic heterocycles. The monoisotopic (exact) mass is 628 g/mol. The Hall–Kier alpha value is -4.98. The van der Waals surface area contributed by atoms with E-state index in [1.807, 2.05) is 6.92 Å². The number of hydrogen-bond donors (Lipinski definition) is 0. The number of rotatable bonds is 13. The molecule has 240 valence electrons. The number of nitrogens with zero attached hydrogens (tertiary/aromatic N) is 2. The van der Waals surface area contributed by atoms with Gasteiger partial charge in [-0.25, -0.2) is 19.0 Å². The lowest BCUT2D eigenvalue weighted by molar-refractivity contribution is -0.148. The minimum Gasteiger partial charge on any atom is -0.444 e. The number of unbranched alkanes of at least 4 members (excludes halogenated alkanes) is 3. The van der Waals surface area contributed by atoms with Crippen molar-refractivity contribution >= 4 is 18.3 Å². The zero-order chi connectivity index (χ0) is 32.2. The largest absolute Gasteiger partial charge is 0.514 e. The van der Waals surface area contributed by atoms with Crippen LogP contribution < -0.4 is 20.7 Å². The van der Waals surface area contributed by atoms with Gasteiger partial charge in [0.25, 0.3) is 5.56 Å². The Bertz CT molecular complexity index is 1560. The first-order valence-electron chi connectivity index (χ1n) is 14.4. The van der Waals surface area contributed by atoms with Crippen molar-refractivity contribution in [3.63, 3.8) is 0 Å². The molecule has 0 unspecified atom stereocenters. The average Bonchev–Trinajstić information content (AvgIpc) is 3.42. The summed E-state index contributed by atoms with van der Waals surface area (Å²) in [5.41, 5.74) is -2.34. The number of benzene rings is 2. The van der Waals surface area contributed by atoms with Crippen LogP contribution in [0.25, 0.3) is 0 Å². The second-order valence-electron chi connectivity index (χ2n) is 10.0. The fourth-order valence-corrected chi connectivity index (χ4v) is 4.45. The molecule has 1 aliphatic rings. The van der Waals surface area contributed by atoms with Crippen LogP contribution >= 0.6 is 0 Å². The summed E-state index contributed by atoms with van der Waals surface area (Å²) in [6, 6.07) is 16.2. The lowest BCUT2D eigenvalue weighted by atomic mass is 10.2. The average molecular weight is 629 g/mol. The molecule has 0 bridgehead atoms. The molecule has 0 radical (unpaired) electrons. The van der Waals surface area contributed by atoms with Crippen LogP contribution in [0.15, 0.2) is 76.4 Å². The van der Waals surface area contributed by atoms with Gasteiger partial charge in [-0.1, -0.05) is 62.6 Å². The SMILES string of the molecule is CCCCCCC(=O)OCn1c(=O)c(F)cn([C@H]2C[C@H](OC(=O)Oc3ccccc3)[C@@H](COC(=O)Oc3ccccc3)O2)c1=O. The molecule has 2 aromatic carbocycles. The van der Waals surface area contributed by atoms with E-state index < -0.39 is 67.1 Å². The third-order valence-corrected chi connectivity index (χ3v) is 6.74. The van der Waals surface area contributed by atoms with Gasteiger partial charge >= 0.3 is 24.0 Å². The van der Waals surface area contributed by atoms with Crippen molar-refractivity contribution in [3.05, 3.63) is 93.5 Å². The van der Waals surface area contributed by atoms with Crippen molar-refractivity contribution in [2.24, 2.45) is 0 Å². The predicted molar refractivity (Wildman–Crippen MR) is 154 cm³/mol. The molecule has 0 amide bonds. The van der Waals surface area contributed by atoms with Crippen LogP contribution in [0.3, 0.4) is 0 Å². The Morgan fingerprint density at radius 1 is 0.889 bits per heavy atom. The molecule has 13 nitrogen and oxygen atoms in total. The van der Waals surface area contributed by atoms with Crippen LogP contribution in [0.5, 0.6) is 11.5 Å². The maximum absolute atomic E-state index is 14.7. The van der Waals surface area contributed by atoms with E-state index >= 15 is 0 Å². The summed E-state index contributed by atoms with van der Waals surface area (Å²) in [5, 5.41) is 0. The summed E-state index contributed by atoms with van der Waals surface area (Å²) in [5.74, 6) is -1.54. The molecule has 3 aromatic rings. The van der Waals surface area contributed by atoms with Gasteiger partial charge in [-0.15, -0.1) is 0 Å². The van der Waals surface area contributed by atoms with Crippen molar-refractivity contribution in [2.75, 3.05) is 6.61 Å². The molecule has 0 N–H and O–H groups in total. The maximum Gasteiger partial charge on any atom is 0.514 e. The first-order valence-corrected chi connectivity index (χ1v) is 14.4. The predicted octanol–water partition coefficient (Wildman–Crippen LogP) is 4.71. The second kappa shape index (κ2) is 16.2. The van der Waals surface area contributed by atoms with E-state index in [9.17, 15) is 28.4 Å². The highest BCUT2D eigenvalue weighted by atomic mass is 19.1. The Morgan fingerprint density at radius 2 is 1.53 bits per heavy atom. The highest BCUT2D eigenvalue weighted by Gasteiger charge is 2.41. The Morgan fingerprint density at radius 3 is 2.18 bits per heavy atom. The minimum absolute atomic E-state index is 0.0798. The molecule has 3 atom stereocenters. The number of hydrogen-bond acceptors (Lipinski definition) is 11. The number of esters is 1. The van der Waals surface area contributed by atoms with Crippen LogP contribution in [0.4, 0.5) is 14.0 Å². The van der Waals surface area contributed by atoms with Gasteiger partial charge in [0, 0.05) is 12.8 Å². The molecular formula is C31H33FN2O11. The van der Waals surface area contributed by atoms with Crippen LogP contribution in [0.2, 0.25) is 0 Å². The Labute approximate surface area is 257 Å². The fraction of sp³-hybridized carbons (Fsp3) is 0.387. The number of carbonyl (C=O) groups is 3. The van der Waals surface area contributed by atoms with Crippen LogP contribution in [0.1, 0.15) is 51.7 Å². The van der Waals surface area contributed by atoms with Gasteiger partial charge in [0.1, 0.15) is 36.5 Å². The summed E-state index contributed by atoms with van der Waals surface area (Å²) in [7, 11) is 0. The van der Waals surface area contributed by atoms with Gasteiger partial charge < -0.3 is 28.4 Å². The first-order chi connectivity index (χ1) is 21.7. The molecule has 45 heavy (non-hydrogen) atoms. The summed E-state index contributed by atoms with van der Waals surface area (Å²) < 4.78 is 47.7. The van der Waals surface area contributed by atoms with E-state index in [0.29, 0.717) is 17.2 Å². The minimum atomic E-state index is -1.32. The molecule has 0 spiro atoms. The van der Waals surface area contributed by atoms with E-state index in [1.54, 1.807) is 36.4 Å². The topological polar surface area (TPSA) is 151 Å². The number of aromatic nitrogens is 2. The van der Waals surface area contributed by atoms with Crippen molar-refractivity contribution < 1.29 is 47.2 Å². The van der Waals surface area contributed by atoms with Gasteiger partial charge in [-0.2, -0.15) is 4.39 Å². The molecular weight excluding hydrogens is 595 g/mol. The number of para-hydroxylation sites is 2. The first kappa shape index (κ1) is 32.9. The van der Waals surface area contributed by atoms with E-state index in [1.165, 1.54) is 24.3 Å². The van der Waals surface area contributed by atoms with Gasteiger partial charge in [-0.3, -0.25) is 14.2 Å². The number of ether oxygens (including phenoxy) is 6. The lowest BCUT2D eigenvalue weighted by Crippen LogP contribution is -2.43. The van der Waals surface area contributed by atoms with E-state index in [2.05, 4.69) is 0 Å². The highest BCUT2D eigenvalue weighted by molar-refractivity contribution is 5.69. The Balaban J connectivity index is 1.48. The van der Waals surface area contributed by atoms with E-state index in [-0.39, 0.29) is 24.3 Å². The summed E-state index contributed by atoms with van der Waals surface area (Å²) in [4.78, 5) is 62.6. The van der Waals surface area contributed by atoms with Gasteiger partial charge in [0.15, 0.2) is 6.73 Å². The van der Waals surface area contributed by atoms with Crippen LogP contribution in [-0.2, 0) is 30.5 Å². The fourth-order valence-electron chi connectivity index (χ4n) is 4.45. The van der Waals surface area contributed by atoms with E-state index in [0.717, 1.165) is 23.8 Å². The molecule has 1 fully saturated rings. The number of halogens is 1. The molecule has 14 heteroatoms. The smallest absolute Gasteiger partial charge is 0.444 e. The molecule has 1 saturated heterocycles. The van der Waals surface area contributed by atoms with Crippen molar-refractivity contribution in [1.82, 2.24) is 9.13 Å². The quantitative estimate of drug-likeness (QED) is 0.112. The van der Waals surface area contributed by atoms with Crippen LogP contribution in [0, 0.1) is 5.82 Å². The van der Waals surface area contributed by atoms with Crippen molar-refractivity contribution in [3.8, 4) is 11.5 Å². The number of carbonyl (C=O) groups excluding carboxylic acids is 3. The van der Waals surface area contributed by atoms with E-state index in [4.69, 9.17) is 28.4 Å². The Kier molecular flexibility index (Phi) is 11.8. The standard InChI is InChI=1S/C31H33FN2O11/c1-2-3-4-11-16-27(35)41-20-34-28(36)23(32)18-33(29(34)37)26-17-24(45-31(39)43-22-14-9-6-10-15-22)25(44-26)19-40-30(38)42-21-12-7-5-8-13-21/h5-10,12-15,18,24-26H,2-4,11,16-17,19-20H2,1H3/t24-,25+,26+/m0/s1. The maximum atomic E-state index is 14.7. The van der Waals surface area contributed by atoms with Gasteiger partial charge in [0.05, 0.1) is 6.20 Å². The summed E-state index contributed by atoms with van der Waals surface area (Å²) in [6.07, 6.45) is -1.97. The second-order valence-corrected chi connectivity index (χ2v) is 10.0. The highest BCUT2D eigenvalue weighted by Crippen LogP contribution is 2.31. The normalized spacial score (nSPS) is 17.3. The molecule has 1 aliphatic heterocycles. The van der Waals surface area contributed by atoms with Crippen molar-refractivity contribution in [1.29, 1.82) is 0 Å². The lowest BCUT2D eigenvalue weighted by Gasteiger charge is -2.18. The van der Waals surface area contributed by atoms with Gasteiger partial charge in [0.2, 0.25) is 5.82 Å². The third kappa shape index (κ3) is 9.50. The zero-order valence-corrected chi connectivity index (χ0v) is 24.5. The molecule has 0 aliphatic carbocycles.